The van der Waals surface area contributed by atoms with E-state index < -0.39 is 0 Å². The van der Waals surface area contributed by atoms with Crippen molar-refractivity contribution in [3.8, 4) is 0 Å². The van der Waals surface area contributed by atoms with Crippen LogP contribution in [-0.4, -0.2) is 34.7 Å². The summed E-state index contributed by atoms with van der Waals surface area (Å²) < 4.78 is 4.56. The topological polar surface area (TPSA) is 6.02 Å². The highest BCUT2D eigenvalue weighted by Gasteiger charge is 2.49. The lowest BCUT2D eigenvalue weighted by Gasteiger charge is -2.17. The summed E-state index contributed by atoms with van der Waals surface area (Å²) in [4.78, 5) is 0. The van der Waals surface area contributed by atoms with Crippen LogP contribution in [0.5, 0.6) is 0 Å². The third-order valence-corrected chi connectivity index (χ3v) is 5.57. The molecule has 2 aliphatic heterocycles. The van der Waals surface area contributed by atoms with E-state index in [1.165, 1.54) is 33.9 Å². The molecule has 0 bridgehead atoms. The number of allylic oxidation sites excluding steroid dienone is 2. The summed E-state index contributed by atoms with van der Waals surface area (Å²) >= 11 is 0. The maximum absolute atomic E-state index is 4.01. The van der Waals surface area contributed by atoms with E-state index in [2.05, 4.69) is 76.2 Å². The van der Waals surface area contributed by atoms with Gasteiger partial charge in [-0.25, -0.2) is 0 Å². The van der Waals surface area contributed by atoms with Crippen molar-refractivity contribution in [3.63, 3.8) is 0 Å². The predicted octanol–water partition coefficient (Wildman–Crippen LogP) is 4.07. The SMILES string of the molecule is C=CC1=[N+](C)c2cc3c(cc2C1(C)C)[N+](C)=C(C=C)C3(C)C. The summed E-state index contributed by atoms with van der Waals surface area (Å²) in [5, 5.41) is 0. The summed E-state index contributed by atoms with van der Waals surface area (Å²) in [5.74, 6) is 0. The largest absolute Gasteiger partial charge is 0.210 e. The van der Waals surface area contributed by atoms with Gasteiger partial charge < -0.3 is 0 Å². The number of hydrogen-bond donors (Lipinski definition) is 0. The fourth-order valence-electron chi connectivity index (χ4n) is 4.29. The van der Waals surface area contributed by atoms with Crippen LogP contribution in [0.1, 0.15) is 38.8 Å². The first-order valence-electron chi connectivity index (χ1n) is 7.84. The van der Waals surface area contributed by atoms with Crippen LogP contribution in [-0.2, 0) is 10.8 Å². The van der Waals surface area contributed by atoms with Gasteiger partial charge in [0.1, 0.15) is 14.1 Å². The second-order valence-corrected chi connectivity index (χ2v) is 7.43. The molecule has 0 aliphatic carbocycles. The van der Waals surface area contributed by atoms with Gasteiger partial charge in [0, 0.05) is 23.3 Å². The number of rotatable bonds is 2. The molecule has 2 heterocycles. The molecule has 0 unspecified atom stereocenters. The van der Waals surface area contributed by atoms with Crippen molar-refractivity contribution in [2.45, 2.75) is 38.5 Å². The van der Waals surface area contributed by atoms with Crippen LogP contribution in [0.25, 0.3) is 0 Å². The molecular weight excluding hydrogens is 268 g/mol. The summed E-state index contributed by atoms with van der Waals surface area (Å²) in [7, 11) is 4.28. The van der Waals surface area contributed by atoms with Crippen LogP contribution in [0.2, 0.25) is 0 Å². The Morgan fingerprint density at radius 1 is 0.773 bits per heavy atom. The number of hydrogen-bond acceptors (Lipinski definition) is 0. The average Bonchev–Trinajstić information content (AvgIpc) is 2.75. The van der Waals surface area contributed by atoms with Gasteiger partial charge in [-0.05, 0) is 39.8 Å². The van der Waals surface area contributed by atoms with Gasteiger partial charge in [0.15, 0.2) is 11.4 Å². The molecule has 0 fully saturated rings. The molecule has 0 aromatic heterocycles. The molecule has 114 valence electrons. The van der Waals surface area contributed by atoms with E-state index in [-0.39, 0.29) is 10.8 Å². The second kappa shape index (κ2) is 4.28. The minimum absolute atomic E-state index is 0.0111. The highest BCUT2D eigenvalue weighted by atomic mass is 15.1. The fourth-order valence-corrected chi connectivity index (χ4v) is 4.29. The molecule has 0 spiro atoms. The minimum Gasteiger partial charge on any atom is -0.198 e. The highest BCUT2D eigenvalue weighted by Crippen LogP contribution is 2.47. The third kappa shape index (κ3) is 1.55. The van der Waals surface area contributed by atoms with Crippen LogP contribution in [0.4, 0.5) is 11.4 Å². The summed E-state index contributed by atoms with van der Waals surface area (Å²) in [6.45, 7) is 17.1. The Balaban J connectivity index is 2.35. The maximum atomic E-state index is 4.01. The van der Waals surface area contributed by atoms with Crippen molar-refractivity contribution in [2.24, 2.45) is 0 Å². The van der Waals surface area contributed by atoms with E-state index in [1.54, 1.807) is 0 Å². The second-order valence-electron chi connectivity index (χ2n) is 7.43. The molecule has 22 heavy (non-hydrogen) atoms. The van der Waals surface area contributed by atoms with Gasteiger partial charge in [-0.15, -0.1) is 0 Å². The normalized spacial score (nSPS) is 21.0. The standard InChI is InChI=1S/C20H26N2/c1-9-17-19(3,4)13-11-16-14(12-15(13)21(17)7)20(5,6)18(10-2)22(16)8/h9-12H,1-2H2,3-8H3/q+2. The molecule has 0 atom stereocenters. The predicted molar refractivity (Wildman–Crippen MR) is 94.6 cm³/mol. The van der Waals surface area contributed by atoms with E-state index in [0.717, 1.165) is 0 Å². The molecule has 0 saturated carbocycles. The lowest BCUT2D eigenvalue weighted by Crippen LogP contribution is -2.26. The van der Waals surface area contributed by atoms with Crippen molar-refractivity contribution in [2.75, 3.05) is 14.1 Å². The van der Waals surface area contributed by atoms with Crippen molar-refractivity contribution < 1.29 is 9.15 Å². The van der Waals surface area contributed by atoms with Crippen LogP contribution in [0, 0.1) is 0 Å². The lowest BCUT2D eigenvalue weighted by atomic mass is 9.77. The van der Waals surface area contributed by atoms with Gasteiger partial charge in [-0.1, -0.05) is 13.2 Å². The van der Waals surface area contributed by atoms with E-state index in [0.29, 0.717) is 0 Å². The Labute approximate surface area is 133 Å². The Morgan fingerprint density at radius 2 is 1.09 bits per heavy atom. The number of fused-ring (bicyclic) bond motifs is 2. The smallest absolute Gasteiger partial charge is 0.198 e. The molecule has 1 aromatic rings. The Hall–Kier alpha value is -1.96. The zero-order chi connectivity index (χ0) is 16.4. The maximum Gasteiger partial charge on any atom is 0.210 e. The summed E-state index contributed by atoms with van der Waals surface area (Å²) in [6, 6.07) is 4.71. The van der Waals surface area contributed by atoms with Crippen LogP contribution in [0.15, 0.2) is 37.4 Å². The Bertz CT molecular complexity index is 718. The van der Waals surface area contributed by atoms with Gasteiger partial charge in [0.2, 0.25) is 11.4 Å². The molecule has 0 N–H and O–H groups in total. The van der Waals surface area contributed by atoms with Crippen LogP contribution >= 0.6 is 0 Å². The minimum atomic E-state index is -0.0111. The molecule has 2 aliphatic rings. The number of nitrogens with zero attached hydrogens (tertiary/aromatic N) is 2. The van der Waals surface area contributed by atoms with Crippen LogP contribution < -0.4 is 0 Å². The average molecular weight is 294 g/mol. The van der Waals surface area contributed by atoms with E-state index in [9.17, 15) is 0 Å². The monoisotopic (exact) mass is 294 g/mol. The van der Waals surface area contributed by atoms with Crippen molar-refractivity contribution in [3.05, 3.63) is 48.6 Å². The molecule has 0 amide bonds. The zero-order valence-electron chi connectivity index (χ0n) is 14.6. The van der Waals surface area contributed by atoms with Gasteiger partial charge in [-0.2, -0.15) is 9.15 Å². The first-order valence-corrected chi connectivity index (χ1v) is 7.84. The Kier molecular flexibility index (Phi) is 2.91. The van der Waals surface area contributed by atoms with Gasteiger partial charge >= 0.3 is 0 Å². The highest BCUT2D eigenvalue weighted by molar-refractivity contribution is 6.05. The Morgan fingerprint density at radius 3 is 1.36 bits per heavy atom. The zero-order valence-corrected chi connectivity index (χ0v) is 14.6. The van der Waals surface area contributed by atoms with Gasteiger partial charge in [-0.3, -0.25) is 0 Å². The summed E-state index contributed by atoms with van der Waals surface area (Å²) in [5.41, 5.74) is 7.84. The molecule has 2 heteroatoms. The quantitative estimate of drug-likeness (QED) is 0.725. The number of benzene rings is 1. The third-order valence-electron chi connectivity index (χ3n) is 5.57. The lowest BCUT2D eigenvalue weighted by molar-refractivity contribution is -0.404. The molecule has 1 aromatic carbocycles. The first-order chi connectivity index (χ1) is 10.2. The summed E-state index contributed by atoms with van der Waals surface area (Å²) in [6.07, 6.45) is 3.97. The van der Waals surface area contributed by atoms with Crippen molar-refractivity contribution >= 4 is 22.8 Å². The molecule has 2 nitrogen and oxygen atoms in total. The van der Waals surface area contributed by atoms with Gasteiger partial charge in [0.05, 0.1) is 10.8 Å². The fraction of sp³-hybridized carbons (Fsp3) is 0.400. The van der Waals surface area contributed by atoms with Crippen LogP contribution in [0.3, 0.4) is 0 Å². The van der Waals surface area contributed by atoms with Gasteiger partial charge in [0.25, 0.3) is 0 Å². The van der Waals surface area contributed by atoms with Crippen molar-refractivity contribution in [1.29, 1.82) is 0 Å². The molecule has 3 rings (SSSR count). The van der Waals surface area contributed by atoms with E-state index >= 15 is 0 Å². The molecule has 0 saturated heterocycles. The first kappa shape index (κ1) is 15.0. The van der Waals surface area contributed by atoms with Crippen molar-refractivity contribution in [1.82, 2.24) is 0 Å². The molecular formula is C20H26N2+2. The molecule has 0 radical (unpaired) electrons. The van der Waals surface area contributed by atoms with E-state index in [4.69, 9.17) is 0 Å². The van der Waals surface area contributed by atoms with E-state index in [1.807, 2.05) is 12.2 Å².